The number of esters is 2. The highest BCUT2D eigenvalue weighted by atomic mass is 31.2. The lowest BCUT2D eigenvalue weighted by molar-refractivity contribution is -0.870. The summed E-state index contributed by atoms with van der Waals surface area (Å²) in [6.45, 7) is 4.42. The summed E-state index contributed by atoms with van der Waals surface area (Å²) >= 11 is 0. The quantitative estimate of drug-likeness (QED) is 0.0211. The van der Waals surface area contributed by atoms with Crippen molar-refractivity contribution in [1.29, 1.82) is 0 Å². The molecule has 2 atom stereocenters. The van der Waals surface area contributed by atoms with Crippen molar-refractivity contribution in [3.05, 3.63) is 48.6 Å². The van der Waals surface area contributed by atoms with E-state index < -0.39 is 26.5 Å². The van der Waals surface area contributed by atoms with Crippen LogP contribution in [0.15, 0.2) is 48.6 Å². The van der Waals surface area contributed by atoms with Crippen molar-refractivity contribution in [3.8, 4) is 0 Å². The molecule has 0 amide bonds. The van der Waals surface area contributed by atoms with Gasteiger partial charge in [0.25, 0.3) is 0 Å². The number of allylic oxidation sites excluding steroid dienone is 8. The van der Waals surface area contributed by atoms with Gasteiger partial charge in [-0.3, -0.25) is 18.6 Å². The van der Waals surface area contributed by atoms with Crippen LogP contribution >= 0.6 is 7.82 Å². The van der Waals surface area contributed by atoms with Crippen LogP contribution in [-0.2, 0) is 32.7 Å². The normalized spacial score (nSPS) is 13.7. The number of quaternary nitrogens is 1. The Bertz CT molecular complexity index is 1260. The molecule has 0 radical (unpaired) electrons. The molecule has 0 aliphatic rings. The van der Waals surface area contributed by atoms with Crippen molar-refractivity contribution in [1.82, 2.24) is 0 Å². The molecule has 0 fully saturated rings. The molecule has 0 heterocycles. The average molecular weight is 951 g/mol. The summed E-state index contributed by atoms with van der Waals surface area (Å²) in [4.78, 5) is 35.6. The topological polar surface area (TPSA) is 108 Å². The van der Waals surface area contributed by atoms with Crippen molar-refractivity contribution < 1.29 is 42.1 Å². The van der Waals surface area contributed by atoms with Crippen LogP contribution in [-0.4, -0.2) is 74.9 Å². The van der Waals surface area contributed by atoms with Gasteiger partial charge >= 0.3 is 19.8 Å². The fourth-order valence-corrected chi connectivity index (χ4v) is 8.29. The first-order valence-corrected chi connectivity index (χ1v) is 28.9. The third-order valence-corrected chi connectivity index (χ3v) is 12.8. The number of phosphoric ester groups is 1. The molecule has 10 heteroatoms. The number of hydrogen-bond acceptors (Lipinski definition) is 7. The van der Waals surface area contributed by atoms with E-state index in [0.717, 1.165) is 51.4 Å². The van der Waals surface area contributed by atoms with Gasteiger partial charge in [-0.05, 0) is 77.0 Å². The molecule has 0 aromatic carbocycles. The van der Waals surface area contributed by atoms with E-state index in [-0.39, 0.29) is 32.0 Å². The monoisotopic (exact) mass is 951 g/mol. The van der Waals surface area contributed by atoms with Crippen molar-refractivity contribution in [2.24, 2.45) is 0 Å². The molecule has 0 saturated heterocycles. The number of ether oxygens (including phenoxy) is 2. The first kappa shape index (κ1) is 64.0. The van der Waals surface area contributed by atoms with Gasteiger partial charge in [-0.2, -0.15) is 0 Å². The summed E-state index contributed by atoms with van der Waals surface area (Å²) < 4.78 is 34.5. The Hall–Kier alpha value is -2.03. The molecular formula is C56H105NO8P+. The largest absolute Gasteiger partial charge is 0.472 e. The van der Waals surface area contributed by atoms with Crippen LogP contribution in [0.2, 0.25) is 0 Å². The molecule has 0 aliphatic carbocycles. The minimum atomic E-state index is -4.38. The van der Waals surface area contributed by atoms with Crippen LogP contribution in [0.4, 0.5) is 0 Å². The van der Waals surface area contributed by atoms with Crippen LogP contribution in [0.1, 0.15) is 245 Å². The van der Waals surface area contributed by atoms with E-state index in [1.165, 1.54) is 161 Å². The predicted molar refractivity (Wildman–Crippen MR) is 280 cm³/mol. The Balaban J connectivity index is 4.21. The molecule has 0 aliphatic heterocycles. The van der Waals surface area contributed by atoms with Crippen LogP contribution in [0.25, 0.3) is 0 Å². The molecule has 1 N–H and O–H groups in total. The van der Waals surface area contributed by atoms with Gasteiger partial charge in [0.2, 0.25) is 0 Å². The van der Waals surface area contributed by atoms with Crippen molar-refractivity contribution in [2.45, 2.75) is 251 Å². The number of phosphoric acid groups is 1. The first-order valence-electron chi connectivity index (χ1n) is 27.4. The SMILES string of the molecule is CCCCCCC/C=C\C/C=C\C/C=C\CCCCCCCCCCCCC(=O)OC(COC(=O)CCCCCCCCC/C=C\CCCCCCCC)COP(=O)(O)OCC[N+](C)(C)C. The summed E-state index contributed by atoms with van der Waals surface area (Å²) in [7, 11) is 1.47. The standard InChI is InChI=1S/C56H104NO8P/c1-6-8-10-12-14-16-18-20-22-24-25-26-27-28-29-30-31-33-35-37-39-41-43-45-47-49-56(59)65-54(53-64-66(60,61)63-51-50-57(3,4)5)52-62-55(58)48-46-44-42-40-38-36-34-32-23-21-19-17-15-13-11-9-7-2/h18,20-21,23-25,27-28,54H,6-17,19,22,26,29-53H2,1-5H3/p+1/b20-18-,23-21-,25-24-,28-27-. The maximum Gasteiger partial charge on any atom is 0.472 e. The third kappa shape index (κ3) is 51.4. The van der Waals surface area contributed by atoms with Gasteiger partial charge in [-0.25, -0.2) is 4.57 Å². The fraction of sp³-hybridized carbons (Fsp3) is 0.821. The minimum absolute atomic E-state index is 0.0296. The van der Waals surface area contributed by atoms with E-state index in [0.29, 0.717) is 17.4 Å². The van der Waals surface area contributed by atoms with Crippen LogP contribution in [0.3, 0.4) is 0 Å². The first-order chi connectivity index (χ1) is 32.0. The summed E-state index contributed by atoms with van der Waals surface area (Å²) in [6.07, 6.45) is 58.8. The lowest BCUT2D eigenvalue weighted by atomic mass is 10.0. The highest BCUT2D eigenvalue weighted by molar-refractivity contribution is 7.47. The average Bonchev–Trinajstić information content (AvgIpc) is 3.27. The zero-order valence-electron chi connectivity index (χ0n) is 43.7. The Kier molecular flexibility index (Phi) is 46.5. The third-order valence-electron chi connectivity index (χ3n) is 11.8. The smallest absolute Gasteiger partial charge is 0.462 e. The van der Waals surface area contributed by atoms with E-state index in [4.69, 9.17) is 18.5 Å². The number of hydrogen-bond donors (Lipinski definition) is 1. The summed E-state index contributed by atoms with van der Waals surface area (Å²) in [5, 5.41) is 0. The van der Waals surface area contributed by atoms with E-state index in [1.54, 1.807) is 0 Å². The van der Waals surface area contributed by atoms with Crippen LogP contribution < -0.4 is 0 Å². The Morgan fingerprint density at radius 3 is 1.23 bits per heavy atom. The zero-order chi connectivity index (χ0) is 48.5. The molecule has 66 heavy (non-hydrogen) atoms. The highest BCUT2D eigenvalue weighted by Gasteiger charge is 2.27. The molecule has 9 nitrogen and oxygen atoms in total. The van der Waals surface area contributed by atoms with Gasteiger partial charge in [-0.1, -0.05) is 204 Å². The van der Waals surface area contributed by atoms with Gasteiger partial charge in [0.05, 0.1) is 27.7 Å². The molecule has 386 valence electrons. The Labute approximate surface area is 407 Å². The lowest BCUT2D eigenvalue weighted by Gasteiger charge is -2.24. The molecule has 2 unspecified atom stereocenters. The highest BCUT2D eigenvalue weighted by Crippen LogP contribution is 2.43. The summed E-state index contributed by atoms with van der Waals surface area (Å²) in [5.74, 6) is -0.802. The van der Waals surface area contributed by atoms with Crippen molar-refractivity contribution >= 4 is 19.8 Å². The van der Waals surface area contributed by atoms with Gasteiger partial charge in [0.15, 0.2) is 6.10 Å². The summed E-state index contributed by atoms with van der Waals surface area (Å²) in [6, 6.07) is 0. The second kappa shape index (κ2) is 48.0. The van der Waals surface area contributed by atoms with E-state index in [1.807, 2.05) is 21.1 Å². The predicted octanol–water partition coefficient (Wildman–Crippen LogP) is 16.6. The number of carbonyl (C=O) groups excluding carboxylic acids is 2. The van der Waals surface area contributed by atoms with Crippen molar-refractivity contribution in [3.63, 3.8) is 0 Å². The Morgan fingerprint density at radius 2 is 0.818 bits per heavy atom. The van der Waals surface area contributed by atoms with Crippen molar-refractivity contribution in [2.75, 3.05) is 47.5 Å². The molecule has 0 aromatic rings. The lowest BCUT2D eigenvalue weighted by Crippen LogP contribution is -2.37. The van der Waals surface area contributed by atoms with Gasteiger partial charge < -0.3 is 18.9 Å². The molecule has 0 saturated carbocycles. The van der Waals surface area contributed by atoms with Gasteiger partial charge in [-0.15, -0.1) is 0 Å². The van der Waals surface area contributed by atoms with Gasteiger partial charge in [0.1, 0.15) is 19.8 Å². The number of nitrogens with zero attached hydrogens (tertiary/aromatic N) is 1. The summed E-state index contributed by atoms with van der Waals surface area (Å²) in [5.41, 5.74) is 0. The number of unbranched alkanes of at least 4 members (excludes halogenated alkanes) is 28. The van der Waals surface area contributed by atoms with Crippen LogP contribution in [0, 0.1) is 0 Å². The molecule has 0 bridgehead atoms. The zero-order valence-corrected chi connectivity index (χ0v) is 44.6. The minimum Gasteiger partial charge on any atom is -0.462 e. The second-order valence-electron chi connectivity index (χ2n) is 19.6. The second-order valence-corrected chi connectivity index (χ2v) is 21.1. The molecule has 0 spiro atoms. The maximum absolute atomic E-state index is 12.8. The van der Waals surface area contributed by atoms with Gasteiger partial charge in [0, 0.05) is 12.8 Å². The molecule has 0 aromatic heterocycles. The fourth-order valence-electron chi connectivity index (χ4n) is 7.55. The number of carbonyl (C=O) groups is 2. The molecule has 0 rings (SSSR count). The van der Waals surface area contributed by atoms with E-state index in [2.05, 4.69) is 62.5 Å². The van der Waals surface area contributed by atoms with E-state index in [9.17, 15) is 19.0 Å². The van der Waals surface area contributed by atoms with Crippen LogP contribution in [0.5, 0.6) is 0 Å². The number of likely N-dealkylation sites (N-methyl/N-ethyl adjacent to an activating group) is 1. The number of rotatable bonds is 50. The Morgan fingerprint density at radius 1 is 0.470 bits per heavy atom. The maximum atomic E-state index is 12.8. The van der Waals surface area contributed by atoms with E-state index >= 15 is 0 Å². The molecular weight excluding hydrogens is 846 g/mol.